The Morgan fingerprint density at radius 1 is 1.26 bits per heavy atom. The number of anilines is 1. The van der Waals surface area contributed by atoms with E-state index in [1.165, 1.54) is 16.0 Å². The molecule has 0 radical (unpaired) electrons. The van der Waals surface area contributed by atoms with Gasteiger partial charge in [0.05, 0.1) is 6.54 Å². The molecule has 0 amide bonds. The Bertz CT molecular complexity index is 639. The maximum atomic E-state index is 4.32. The van der Waals surface area contributed by atoms with E-state index in [1.54, 1.807) is 18.4 Å². The molecule has 0 aliphatic rings. The molecule has 0 saturated carbocycles. The highest BCUT2D eigenvalue weighted by Gasteiger charge is 2.03. The molecule has 5 nitrogen and oxygen atoms in total. The highest BCUT2D eigenvalue weighted by molar-refractivity contribution is 14.0. The third-order valence-electron chi connectivity index (χ3n) is 3.34. The number of pyridine rings is 1. The van der Waals surface area contributed by atoms with Crippen molar-refractivity contribution in [1.29, 1.82) is 0 Å². The van der Waals surface area contributed by atoms with Crippen molar-refractivity contribution in [2.24, 2.45) is 4.99 Å². The SMILES string of the molecule is CN=C(NCc1ccnc(N(C)C)c1)NCc1sccc1C.I. The molecule has 2 aromatic rings. The third-order valence-corrected chi connectivity index (χ3v) is 4.36. The summed E-state index contributed by atoms with van der Waals surface area (Å²) in [5.74, 6) is 1.76. The van der Waals surface area contributed by atoms with Crippen LogP contribution in [0.1, 0.15) is 16.0 Å². The van der Waals surface area contributed by atoms with E-state index in [2.05, 4.69) is 45.0 Å². The van der Waals surface area contributed by atoms with Gasteiger partial charge in [0.1, 0.15) is 5.82 Å². The van der Waals surface area contributed by atoms with Gasteiger partial charge in [-0.3, -0.25) is 4.99 Å². The average Bonchev–Trinajstić information content (AvgIpc) is 2.93. The van der Waals surface area contributed by atoms with Crippen LogP contribution in [0.5, 0.6) is 0 Å². The minimum atomic E-state index is 0. The fraction of sp³-hybridized carbons (Fsp3) is 0.375. The second-order valence-corrected chi connectivity index (χ2v) is 6.22. The Morgan fingerprint density at radius 2 is 2.00 bits per heavy atom. The molecule has 0 aromatic carbocycles. The van der Waals surface area contributed by atoms with Crippen molar-refractivity contribution in [2.75, 3.05) is 26.0 Å². The Labute approximate surface area is 159 Å². The number of guanidine groups is 1. The number of rotatable bonds is 5. The molecule has 0 fully saturated rings. The van der Waals surface area contributed by atoms with Crippen molar-refractivity contribution >= 4 is 47.1 Å². The first-order valence-electron chi connectivity index (χ1n) is 7.20. The van der Waals surface area contributed by atoms with Crippen LogP contribution in [-0.4, -0.2) is 32.1 Å². The molecule has 7 heteroatoms. The zero-order chi connectivity index (χ0) is 15.9. The van der Waals surface area contributed by atoms with Crippen LogP contribution in [0.4, 0.5) is 5.82 Å². The predicted molar refractivity (Wildman–Crippen MR) is 110 cm³/mol. The van der Waals surface area contributed by atoms with E-state index in [0.717, 1.165) is 18.3 Å². The average molecular weight is 445 g/mol. The lowest BCUT2D eigenvalue weighted by Gasteiger charge is -2.14. The number of thiophene rings is 1. The highest BCUT2D eigenvalue weighted by Crippen LogP contribution is 2.14. The Balaban J connectivity index is 0.00000264. The lowest BCUT2D eigenvalue weighted by Crippen LogP contribution is -2.36. The van der Waals surface area contributed by atoms with Crippen molar-refractivity contribution in [3.8, 4) is 0 Å². The van der Waals surface area contributed by atoms with Crippen molar-refractivity contribution in [1.82, 2.24) is 15.6 Å². The Morgan fingerprint density at radius 3 is 2.61 bits per heavy atom. The van der Waals surface area contributed by atoms with E-state index in [0.29, 0.717) is 6.54 Å². The predicted octanol–water partition coefficient (Wildman–Crippen LogP) is 3.00. The summed E-state index contributed by atoms with van der Waals surface area (Å²) in [6, 6.07) is 6.22. The van der Waals surface area contributed by atoms with Crippen molar-refractivity contribution in [3.05, 3.63) is 45.8 Å². The van der Waals surface area contributed by atoms with Gasteiger partial charge in [0, 0.05) is 38.8 Å². The molecule has 0 aliphatic carbocycles. The van der Waals surface area contributed by atoms with Gasteiger partial charge < -0.3 is 15.5 Å². The van der Waals surface area contributed by atoms with Crippen LogP contribution >= 0.6 is 35.3 Å². The molecule has 0 aliphatic heterocycles. The molecule has 23 heavy (non-hydrogen) atoms. The van der Waals surface area contributed by atoms with Gasteiger partial charge in [0.2, 0.25) is 0 Å². The van der Waals surface area contributed by atoms with Crippen LogP contribution < -0.4 is 15.5 Å². The largest absolute Gasteiger partial charge is 0.363 e. The maximum Gasteiger partial charge on any atom is 0.191 e. The number of nitrogens with one attached hydrogen (secondary N) is 2. The van der Waals surface area contributed by atoms with E-state index in [4.69, 9.17) is 0 Å². The van der Waals surface area contributed by atoms with E-state index in [9.17, 15) is 0 Å². The molecule has 126 valence electrons. The molecule has 0 bridgehead atoms. The normalized spacial score (nSPS) is 10.9. The molecule has 0 saturated heterocycles. The van der Waals surface area contributed by atoms with Crippen LogP contribution in [0.2, 0.25) is 0 Å². The van der Waals surface area contributed by atoms with Crippen LogP contribution in [0.3, 0.4) is 0 Å². The van der Waals surface area contributed by atoms with Gasteiger partial charge in [-0.15, -0.1) is 35.3 Å². The zero-order valence-corrected chi connectivity index (χ0v) is 17.1. The minimum absolute atomic E-state index is 0. The minimum Gasteiger partial charge on any atom is -0.363 e. The molecule has 2 heterocycles. The number of aromatic nitrogens is 1. The summed E-state index contributed by atoms with van der Waals surface area (Å²) in [5, 5.41) is 8.79. The second-order valence-electron chi connectivity index (χ2n) is 5.22. The van der Waals surface area contributed by atoms with Gasteiger partial charge in [-0.1, -0.05) is 0 Å². The van der Waals surface area contributed by atoms with Gasteiger partial charge in [0.15, 0.2) is 5.96 Å². The summed E-state index contributed by atoms with van der Waals surface area (Å²) in [4.78, 5) is 11.9. The third kappa shape index (κ3) is 5.98. The molecular weight excluding hydrogens is 421 g/mol. The summed E-state index contributed by atoms with van der Waals surface area (Å²) in [5.41, 5.74) is 2.49. The zero-order valence-electron chi connectivity index (χ0n) is 14.0. The van der Waals surface area contributed by atoms with Crippen LogP contribution in [-0.2, 0) is 13.1 Å². The lowest BCUT2D eigenvalue weighted by atomic mass is 10.2. The maximum absolute atomic E-state index is 4.32. The number of aliphatic imine (C=N–C) groups is 1. The summed E-state index contributed by atoms with van der Waals surface area (Å²) in [7, 11) is 5.77. The summed E-state index contributed by atoms with van der Waals surface area (Å²) in [6.45, 7) is 3.64. The summed E-state index contributed by atoms with van der Waals surface area (Å²) < 4.78 is 0. The number of aryl methyl sites for hydroxylation is 1. The van der Waals surface area contributed by atoms with E-state index < -0.39 is 0 Å². The quantitative estimate of drug-likeness (QED) is 0.422. The van der Waals surface area contributed by atoms with E-state index in [1.807, 2.05) is 31.3 Å². The topological polar surface area (TPSA) is 52.6 Å². The van der Waals surface area contributed by atoms with Crippen molar-refractivity contribution in [3.63, 3.8) is 0 Å². The van der Waals surface area contributed by atoms with Crippen molar-refractivity contribution in [2.45, 2.75) is 20.0 Å². The molecule has 2 N–H and O–H groups in total. The highest BCUT2D eigenvalue weighted by atomic mass is 127. The van der Waals surface area contributed by atoms with Gasteiger partial charge in [0.25, 0.3) is 0 Å². The van der Waals surface area contributed by atoms with Gasteiger partial charge in [-0.2, -0.15) is 0 Å². The van der Waals surface area contributed by atoms with Gasteiger partial charge >= 0.3 is 0 Å². The number of hydrogen-bond acceptors (Lipinski definition) is 4. The second kappa shape index (κ2) is 9.71. The van der Waals surface area contributed by atoms with Crippen LogP contribution in [0.25, 0.3) is 0 Å². The monoisotopic (exact) mass is 445 g/mol. The van der Waals surface area contributed by atoms with E-state index >= 15 is 0 Å². The fourth-order valence-electron chi connectivity index (χ4n) is 1.97. The molecule has 2 aromatic heterocycles. The van der Waals surface area contributed by atoms with E-state index in [-0.39, 0.29) is 24.0 Å². The standard InChI is InChI=1S/C16H23N5S.HI/c1-12-6-8-22-14(12)11-20-16(17-2)19-10-13-5-7-18-15(9-13)21(3)4;/h5-9H,10-11H2,1-4H3,(H2,17,19,20);1H. The summed E-state index contributed by atoms with van der Waals surface area (Å²) >= 11 is 1.76. The first-order chi connectivity index (χ1) is 10.6. The molecule has 2 rings (SSSR count). The smallest absolute Gasteiger partial charge is 0.191 e. The van der Waals surface area contributed by atoms with Gasteiger partial charge in [-0.05, 0) is 41.6 Å². The fourth-order valence-corrected chi connectivity index (χ4v) is 2.82. The molecule has 0 unspecified atom stereocenters. The Kier molecular flexibility index (Phi) is 8.32. The first-order valence-corrected chi connectivity index (χ1v) is 8.08. The van der Waals surface area contributed by atoms with Crippen molar-refractivity contribution < 1.29 is 0 Å². The number of hydrogen-bond donors (Lipinski definition) is 2. The van der Waals surface area contributed by atoms with Gasteiger partial charge in [-0.25, -0.2) is 4.98 Å². The number of nitrogens with zero attached hydrogens (tertiary/aromatic N) is 3. The number of halogens is 1. The Hall–Kier alpha value is -1.35. The molecular formula is C16H24IN5S. The first kappa shape index (κ1) is 19.7. The van der Waals surface area contributed by atoms with Crippen LogP contribution in [0, 0.1) is 6.92 Å². The molecule has 0 spiro atoms. The van der Waals surface area contributed by atoms with Crippen LogP contribution in [0.15, 0.2) is 34.8 Å². The molecule has 0 atom stereocenters. The summed E-state index contributed by atoms with van der Waals surface area (Å²) in [6.07, 6.45) is 1.83. The lowest BCUT2D eigenvalue weighted by molar-refractivity contribution is 0.812.